The van der Waals surface area contributed by atoms with E-state index in [9.17, 15) is 71.9 Å². The summed E-state index contributed by atoms with van der Waals surface area (Å²) in [5, 5.41) is 25.2. The Balaban J connectivity index is 0.000000140. The average molecular weight is 1710 g/mol. The van der Waals surface area contributed by atoms with E-state index in [-0.39, 0.29) is 76.5 Å². The van der Waals surface area contributed by atoms with Crippen molar-refractivity contribution in [3.8, 4) is 39.8 Å². The molecule has 0 saturated heterocycles. The van der Waals surface area contributed by atoms with E-state index in [1.165, 1.54) is 138 Å². The van der Waals surface area contributed by atoms with Crippen LogP contribution in [0, 0.1) is 46.2 Å². The number of hydrogen-bond donors (Lipinski definition) is 4. The maximum absolute atomic E-state index is 13.6. The van der Waals surface area contributed by atoms with E-state index >= 15 is 0 Å². The molecule has 2 amide bonds. The number of carboxylic acids is 1. The number of fused-ring (bicyclic) bond motifs is 3. The summed E-state index contributed by atoms with van der Waals surface area (Å²) >= 11 is 0. The van der Waals surface area contributed by atoms with Gasteiger partial charge in [-0.25, -0.2) is 101 Å². The highest BCUT2D eigenvalue weighted by Gasteiger charge is 2.27. The Morgan fingerprint density at radius 3 is 1.22 bits per heavy atom. The van der Waals surface area contributed by atoms with Crippen LogP contribution in [0.25, 0.3) is 66.9 Å². The van der Waals surface area contributed by atoms with Gasteiger partial charge in [-0.1, -0.05) is 54.6 Å². The molecular formula is C87H60F6N18O11S2. The Labute approximate surface area is 697 Å². The van der Waals surface area contributed by atoms with Crippen molar-refractivity contribution in [2.24, 2.45) is 0 Å². The fraction of sp³-hybridized carbons (Fsp3) is 0.0575. The van der Waals surface area contributed by atoms with Gasteiger partial charge in [-0.2, -0.15) is 5.26 Å². The molecule has 17 rings (SSSR count). The minimum Gasteiger partial charge on any atom is -0.477 e. The summed E-state index contributed by atoms with van der Waals surface area (Å²) in [6, 6.07) is 52.0. The maximum atomic E-state index is 13.6. The molecule has 124 heavy (non-hydrogen) atoms. The molecule has 12 heterocycles. The van der Waals surface area contributed by atoms with Crippen LogP contribution in [0.2, 0.25) is 0 Å². The van der Waals surface area contributed by atoms with Gasteiger partial charge in [0, 0.05) is 107 Å². The zero-order valence-corrected chi connectivity index (χ0v) is 65.5. The number of carbonyl (C=O) groups is 3. The first-order valence-corrected chi connectivity index (χ1v) is 39.7. The van der Waals surface area contributed by atoms with E-state index in [4.69, 9.17) is 10.4 Å². The van der Waals surface area contributed by atoms with Crippen LogP contribution in [-0.2, 0) is 52.8 Å². The van der Waals surface area contributed by atoms with Gasteiger partial charge in [0.15, 0.2) is 46.2 Å². The largest absolute Gasteiger partial charge is 0.477 e. The van der Waals surface area contributed by atoms with Crippen molar-refractivity contribution < 1.29 is 62.7 Å². The monoisotopic (exact) mass is 1710 g/mol. The summed E-state index contributed by atoms with van der Waals surface area (Å²) in [6.45, 7) is -0.238. The number of aromatic nitrogens is 15. The van der Waals surface area contributed by atoms with Crippen molar-refractivity contribution in [3.05, 3.63) is 397 Å². The van der Waals surface area contributed by atoms with Crippen molar-refractivity contribution in [2.45, 2.75) is 42.5 Å². The fourth-order valence-corrected chi connectivity index (χ4v) is 15.4. The van der Waals surface area contributed by atoms with Crippen LogP contribution >= 0.6 is 0 Å². The molecule has 0 spiro atoms. The summed E-state index contributed by atoms with van der Waals surface area (Å²) in [4.78, 5) is 116. The number of nitriles is 1. The van der Waals surface area contributed by atoms with Crippen molar-refractivity contribution in [1.29, 1.82) is 5.26 Å². The van der Waals surface area contributed by atoms with Crippen LogP contribution in [0.15, 0.2) is 305 Å². The van der Waals surface area contributed by atoms with Gasteiger partial charge in [-0.05, 0) is 168 Å². The van der Waals surface area contributed by atoms with Crippen molar-refractivity contribution in [3.63, 3.8) is 0 Å². The lowest BCUT2D eigenvalue weighted by molar-refractivity contribution is 0.0693. The summed E-state index contributed by atoms with van der Waals surface area (Å²) in [7, 11) is -7.78. The Bertz CT molecular complexity index is 7460. The normalized spacial score (nSPS) is 11.2. The highest BCUT2D eigenvalue weighted by atomic mass is 32.2. The Morgan fingerprint density at radius 1 is 0.411 bits per heavy atom. The van der Waals surface area contributed by atoms with E-state index in [2.05, 4.69) is 60.5 Å². The van der Waals surface area contributed by atoms with Gasteiger partial charge in [0.2, 0.25) is 5.82 Å². The lowest BCUT2D eigenvalue weighted by Crippen LogP contribution is -2.33. The van der Waals surface area contributed by atoms with Crippen LogP contribution < -0.4 is 27.3 Å². The third-order valence-corrected chi connectivity index (χ3v) is 22.0. The SMILES string of the molecule is N#Cc1nccc(-c2cn(S(=O)(=O)c3ccccc3)c3ncccc23)n1.O=C(NCc1nccc(-c2c[nH]c3ncccc23)n1)c1cccn(Cc2ccc(F)c(F)c2)c1=O.O=C(NCc1nccc(-c2cn(S(=O)(=O)c3ccccc3)c3ncccc23)n1)c1cccn(Cc2ccc(F)c(F)c2)c1=O.O=C(O)c1cccn(Cc2ccc(F)c(F)c2)c1=O. The maximum Gasteiger partial charge on any atom is 0.341 e. The summed E-state index contributed by atoms with van der Waals surface area (Å²) in [5.41, 5.74) is 3.29. The summed E-state index contributed by atoms with van der Waals surface area (Å²) < 4.78 is 138. The molecule has 4 N–H and O–H groups in total. The number of nitrogens with zero attached hydrogens (tertiary/aromatic N) is 15. The first-order valence-electron chi connectivity index (χ1n) is 36.8. The third-order valence-electron chi connectivity index (χ3n) is 18.7. The molecule has 0 saturated carbocycles. The molecule has 0 bridgehead atoms. The number of aromatic carboxylic acids is 1. The van der Waals surface area contributed by atoms with Crippen LogP contribution in [0.5, 0.6) is 0 Å². The van der Waals surface area contributed by atoms with Crippen LogP contribution in [0.1, 0.15) is 65.2 Å². The van der Waals surface area contributed by atoms with Crippen LogP contribution in [0.4, 0.5) is 26.3 Å². The number of H-pyrrole nitrogens is 1. The van der Waals surface area contributed by atoms with E-state index in [0.29, 0.717) is 67.1 Å². The third kappa shape index (κ3) is 18.7. The second-order valence-corrected chi connectivity index (χ2v) is 30.4. The Morgan fingerprint density at radius 2 is 0.798 bits per heavy atom. The molecule has 0 aliphatic carbocycles. The Kier molecular flexibility index (Phi) is 25.0. The summed E-state index contributed by atoms with van der Waals surface area (Å²) in [6.07, 6.45) is 18.3. The number of nitrogens with one attached hydrogen (secondary N) is 3. The fourth-order valence-electron chi connectivity index (χ4n) is 12.8. The molecule has 618 valence electrons. The molecule has 0 radical (unpaired) electrons. The molecule has 5 aromatic carbocycles. The first kappa shape index (κ1) is 84.1. The van der Waals surface area contributed by atoms with Gasteiger partial charge in [0.25, 0.3) is 48.5 Å². The second kappa shape index (κ2) is 36.9. The standard InChI is InChI=1S/C31H22F2N6O4S.C25H18F2N6O2.C18H11N5O2S.C13H9F2NO3/c32-25-11-10-20(16-26(25)33)18-38-15-5-9-23(31(38)41)30(40)36-17-28-34-14-12-27(37-28)24-19-39(29-22(24)8-4-13-35-29)44(42,43)21-6-2-1-3-7-21;26-19-6-5-15(11-20(19)27)14-33-10-2-4-17(25(33)35)24(34)31-13-22-28-9-7-21(32-22)18-12-30-23-16(18)3-1-8-29-23;19-11-17-20-10-8-16(22-17)15-12-23(18-14(15)7-4-9-21-18)26(24,25)13-5-2-1-3-6-13;14-10-4-3-8(6-11(10)15)7-16-5-1-2-9(12(16)17)13(18)19/h1-16,19H,17-18H2,(H,36,40);1-12H,13-14H2,(H,29,30)(H,31,34);1-10,12H;1-6H,7H2,(H,18,19). The molecule has 0 atom stereocenters. The molecule has 17 aromatic rings. The molecule has 0 unspecified atom stereocenters. The Hall–Kier alpha value is -16.4. The molecule has 29 nitrogen and oxygen atoms in total. The lowest BCUT2D eigenvalue weighted by Gasteiger charge is -2.09. The molecule has 0 fully saturated rings. The van der Waals surface area contributed by atoms with Gasteiger partial charge in [0.1, 0.15) is 40.1 Å². The summed E-state index contributed by atoms with van der Waals surface area (Å²) in [5.74, 6) is -8.02. The number of pyridine rings is 6. The number of carboxylic acid groups (broad SMARTS) is 1. The number of hydrogen-bond acceptors (Lipinski definition) is 20. The van der Waals surface area contributed by atoms with Crippen molar-refractivity contribution in [2.75, 3.05) is 0 Å². The van der Waals surface area contributed by atoms with Crippen molar-refractivity contribution >= 4 is 70.9 Å². The minimum absolute atomic E-state index is 0.00475. The highest BCUT2D eigenvalue weighted by Crippen LogP contribution is 2.34. The van der Waals surface area contributed by atoms with Gasteiger partial charge >= 0.3 is 5.97 Å². The first-order chi connectivity index (χ1) is 59.8. The average Bonchev–Trinajstić information content (AvgIpc) is 1.60. The second-order valence-electron chi connectivity index (χ2n) is 26.7. The predicted molar refractivity (Wildman–Crippen MR) is 439 cm³/mol. The van der Waals surface area contributed by atoms with Gasteiger partial charge < -0.3 is 34.4 Å². The number of halogens is 6. The van der Waals surface area contributed by atoms with Crippen LogP contribution in [-0.4, -0.2) is 111 Å². The molecule has 0 aliphatic heterocycles. The van der Waals surface area contributed by atoms with E-state index < -0.39 is 89.4 Å². The van der Waals surface area contributed by atoms with E-state index in [1.807, 2.05) is 24.4 Å². The number of benzene rings is 5. The van der Waals surface area contributed by atoms with Crippen LogP contribution in [0.3, 0.4) is 0 Å². The van der Waals surface area contributed by atoms with Gasteiger partial charge in [-0.15, -0.1) is 0 Å². The van der Waals surface area contributed by atoms with Gasteiger partial charge in [-0.3, -0.25) is 24.0 Å². The number of amides is 2. The van der Waals surface area contributed by atoms with E-state index in [0.717, 1.165) is 65.5 Å². The number of carbonyl (C=O) groups excluding carboxylic acids is 2. The predicted octanol–water partition coefficient (Wildman–Crippen LogP) is 12.1. The number of rotatable bonds is 20. The van der Waals surface area contributed by atoms with E-state index in [1.54, 1.807) is 97.3 Å². The smallest absolute Gasteiger partial charge is 0.341 e. The molecule has 12 aromatic heterocycles. The number of aromatic amines is 1. The van der Waals surface area contributed by atoms with Gasteiger partial charge in [0.05, 0.1) is 59.6 Å². The van der Waals surface area contributed by atoms with Crippen molar-refractivity contribution in [1.82, 2.24) is 82.1 Å². The quantitative estimate of drug-likeness (QED) is 0.0515. The lowest BCUT2D eigenvalue weighted by atomic mass is 10.1. The molecule has 37 heteroatoms. The molecule has 0 aliphatic rings. The highest BCUT2D eigenvalue weighted by molar-refractivity contribution is 7.90. The topological polar surface area (TPSA) is 395 Å². The zero-order valence-electron chi connectivity index (χ0n) is 63.9. The zero-order chi connectivity index (χ0) is 87.3. The minimum atomic E-state index is -3.96. The molecular weight excluding hydrogens is 1650 g/mol.